The van der Waals surface area contributed by atoms with Gasteiger partial charge in [0.15, 0.2) is 0 Å². The van der Waals surface area contributed by atoms with Crippen LogP contribution in [-0.4, -0.2) is 23.9 Å². The van der Waals surface area contributed by atoms with Crippen molar-refractivity contribution in [1.82, 2.24) is 0 Å². The van der Waals surface area contributed by atoms with Crippen LogP contribution >= 0.6 is 0 Å². The molecule has 0 spiro atoms. The van der Waals surface area contributed by atoms with Gasteiger partial charge in [-0.25, -0.2) is 0 Å². The van der Waals surface area contributed by atoms with E-state index in [1.807, 2.05) is 7.11 Å². The SMILES string of the molecule is COC1CCC2(C)C(CCC3C2CCC2(C)C3CCC2(C)O)C1. The van der Waals surface area contributed by atoms with E-state index in [0.29, 0.717) is 11.5 Å². The molecule has 0 saturated heterocycles. The van der Waals surface area contributed by atoms with Crippen molar-refractivity contribution in [2.45, 2.75) is 90.3 Å². The van der Waals surface area contributed by atoms with E-state index in [2.05, 4.69) is 20.8 Å². The Morgan fingerprint density at radius 3 is 2.35 bits per heavy atom. The van der Waals surface area contributed by atoms with Crippen LogP contribution < -0.4 is 0 Å². The summed E-state index contributed by atoms with van der Waals surface area (Å²) in [6.07, 6.45) is 12.1. The molecule has 0 heterocycles. The number of rotatable bonds is 1. The summed E-state index contributed by atoms with van der Waals surface area (Å²) in [7, 11) is 1.89. The second kappa shape index (κ2) is 5.21. The first-order chi connectivity index (χ1) is 10.8. The molecule has 2 heteroatoms. The van der Waals surface area contributed by atoms with E-state index in [1.165, 1.54) is 51.4 Å². The summed E-state index contributed by atoms with van der Waals surface area (Å²) in [5, 5.41) is 11.0. The Bertz CT molecular complexity index is 472. The molecule has 0 amide bonds. The summed E-state index contributed by atoms with van der Waals surface area (Å²) in [5.74, 6) is 3.39. The lowest BCUT2D eigenvalue weighted by Gasteiger charge is -2.61. The molecule has 0 aromatic heterocycles. The molecule has 4 fully saturated rings. The number of hydrogen-bond donors (Lipinski definition) is 1. The molecule has 0 aromatic carbocycles. The van der Waals surface area contributed by atoms with Crippen molar-refractivity contribution in [2.24, 2.45) is 34.5 Å². The van der Waals surface area contributed by atoms with Crippen molar-refractivity contribution >= 4 is 0 Å². The number of hydrogen-bond acceptors (Lipinski definition) is 2. The summed E-state index contributed by atoms with van der Waals surface area (Å²) in [4.78, 5) is 0. The van der Waals surface area contributed by atoms with Crippen molar-refractivity contribution < 1.29 is 9.84 Å². The first-order valence-electron chi connectivity index (χ1n) is 10.1. The van der Waals surface area contributed by atoms with Crippen molar-refractivity contribution in [3.05, 3.63) is 0 Å². The number of ether oxygens (including phenoxy) is 1. The van der Waals surface area contributed by atoms with Crippen LogP contribution in [0.3, 0.4) is 0 Å². The summed E-state index contributed by atoms with van der Waals surface area (Å²) in [6, 6.07) is 0. The molecular formula is C21H36O2. The third-order valence-electron chi connectivity index (χ3n) is 9.51. The highest BCUT2D eigenvalue weighted by molar-refractivity contribution is 5.12. The summed E-state index contributed by atoms with van der Waals surface area (Å²) in [5.41, 5.74) is 0.267. The fraction of sp³-hybridized carbons (Fsp3) is 1.00. The fourth-order valence-corrected chi connectivity index (χ4v) is 7.68. The van der Waals surface area contributed by atoms with Gasteiger partial charge >= 0.3 is 0 Å². The Balaban J connectivity index is 1.60. The lowest BCUT2D eigenvalue weighted by Crippen LogP contribution is -2.56. The largest absolute Gasteiger partial charge is 0.390 e. The molecule has 0 radical (unpaired) electrons. The Kier molecular flexibility index (Phi) is 3.71. The van der Waals surface area contributed by atoms with E-state index < -0.39 is 5.60 Å². The summed E-state index contributed by atoms with van der Waals surface area (Å²) in [6.45, 7) is 7.12. The molecular weight excluding hydrogens is 284 g/mol. The predicted octanol–water partition coefficient (Wildman–Crippen LogP) is 4.80. The monoisotopic (exact) mass is 320 g/mol. The topological polar surface area (TPSA) is 29.5 Å². The van der Waals surface area contributed by atoms with Crippen LogP contribution in [0.2, 0.25) is 0 Å². The molecule has 0 bridgehead atoms. The van der Waals surface area contributed by atoms with E-state index in [1.54, 1.807) is 0 Å². The minimum Gasteiger partial charge on any atom is -0.390 e. The fourth-order valence-electron chi connectivity index (χ4n) is 7.68. The zero-order valence-electron chi connectivity index (χ0n) is 15.6. The van der Waals surface area contributed by atoms with Crippen molar-refractivity contribution in [3.8, 4) is 0 Å². The number of fused-ring (bicyclic) bond motifs is 5. The van der Waals surface area contributed by atoms with Gasteiger partial charge in [0.05, 0.1) is 11.7 Å². The van der Waals surface area contributed by atoms with Gasteiger partial charge in [0.25, 0.3) is 0 Å². The van der Waals surface area contributed by atoms with Crippen molar-refractivity contribution in [3.63, 3.8) is 0 Å². The standard InChI is InChI=1S/C21H36O2/c1-19-10-7-15(23-4)13-14(19)5-6-16-17(19)8-11-20(2)18(16)9-12-21(20,3)22/h14-18,22H,5-13H2,1-4H3. The maximum Gasteiger partial charge on any atom is 0.0675 e. The van der Waals surface area contributed by atoms with E-state index >= 15 is 0 Å². The molecule has 8 unspecified atom stereocenters. The normalized spacial score (nSPS) is 59.1. The zero-order valence-corrected chi connectivity index (χ0v) is 15.6. The Hall–Kier alpha value is -0.0800. The first-order valence-corrected chi connectivity index (χ1v) is 10.1. The number of aliphatic hydroxyl groups is 1. The summed E-state index contributed by atoms with van der Waals surface area (Å²) < 4.78 is 5.70. The van der Waals surface area contributed by atoms with Crippen molar-refractivity contribution in [1.29, 1.82) is 0 Å². The second-order valence-corrected chi connectivity index (χ2v) is 10.1. The van der Waals surface area contributed by atoms with Crippen LogP contribution in [-0.2, 0) is 4.74 Å². The Labute approximate surface area is 142 Å². The van der Waals surface area contributed by atoms with E-state index in [0.717, 1.165) is 30.1 Å². The molecule has 0 aliphatic heterocycles. The van der Waals surface area contributed by atoms with Gasteiger partial charge in [-0.1, -0.05) is 13.8 Å². The minimum absolute atomic E-state index is 0.168. The van der Waals surface area contributed by atoms with Gasteiger partial charge < -0.3 is 9.84 Å². The predicted molar refractivity (Wildman–Crippen MR) is 93.1 cm³/mol. The van der Waals surface area contributed by atoms with Gasteiger partial charge in [0, 0.05) is 7.11 Å². The van der Waals surface area contributed by atoms with Crippen LogP contribution in [0.1, 0.15) is 78.6 Å². The average Bonchev–Trinajstić information content (AvgIpc) is 2.77. The van der Waals surface area contributed by atoms with E-state index in [4.69, 9.17) is 4.74 Å². The Morgan fingerprint density at radius 1 is 0.870 bits per heavy atom. The van der Waals surface area contributed by atoms with Crippen LogP contribution in [0.5, 0.6) is 0 Å². The maximum absolute atomic E-state index is 11.0. The van der Waals surface area contributed by atoms with Crippen molar-refractivity contribution in [2.75, 3.05) is 7.11 Å². The number of methoxy groups -OCH3 is 1. The van der Waals surface area contributed by atoms with Gasteiger partial charge in [-0.15, -0.1) is 0 Å². The highest BCUT2D eigenvalue weighted by Gasteiger charge is 2.63. The molecule has 1 N–H and O–H groups in total. The van der Waals surface area contributed by atoms with E-state index in [9.17, 15) is 5.11 Å². The van der Waals surface area contributed by atoms with Gasteiger partial charge in [-0.05, 0) is 99.2 Å². The molecule has 4 rings (SSSR count). The van der Waals surface area contributed by atoms with Crippen LogP contribution in [0, 0.1) is 34.5 Å². The van der Waals surface area contributed by atoms with E-state index in [-0.39, 0.29) is 5.41 Å². The quantitative estimate of drug-likeness (QED) is 0.752. The van der Waals surface area contributed by atoms with Crippen LogP contribution in [0.25, 0.3) is 0 Å². The second-order valence-electron chi connectivity index (χ2n) is 10.1. The molecule has 23 heavy (non-hydrogen) atoms. The minimum atomic E-state index is -0.436. The molecule has 8 atom stereocenters. The third-order valence-corrected chi connectivity index (χ3v) is 9.51. The van der Waals surface area contributed by atoms with Gasteiger partial charge in [-0.2, -0.15) is 0 Å². The lowest BCUT2D eigenvalue weighted by molar-refractivity contribution is -0.155. The highest BCUT2D eigenvalue weighted by atomic mass is 16.5. The first kappa shape index (κ1) is 16.4. The van der Waals surface area contributed by atoms with Crippen LogP contribution in [0.4, 0.5) is 0 Å². The van der Waals surface area contributed by atoms with Gasteiger partial charge in [0.2, 0.25) is 0 Å². The highest BCUT2D eigenvalue weighted by Crippen LogP contribution is 2.68. The van der Waals surface area contributed by atoms with Gasteiger partial charge in [0.1, 0.15) is 0 Å². The lowest BCUT2D eigenvalue weighted by atomic mass is 9.44. The molecule has 0 aromatic rings. The molecule has 4 saturated carbocycles. The molecule has 2 nitrogen and oxygen atoms in total. The average molecular weight is 321 g/mol. The third kappa shape index (κ3) is 2.13. The molecule has 132 valence electrons. The van der Waals surface area contributed by atoms with Crippen LogP contribution in [0.15, 0.2) is 0 Å². The Morgan fingerprint density at radius 2 is 1.61 bits per heavy atom. The molecule has 4 aliphatic carbocycles. The van der Waals surface area contributed by atoms with Gasteiger partial charge in [-0.3, -0.25) is 0 Å². The maximum atomic E-state index is 11.0. The zero-order chi connectivity index (χ0) is 16.5. The smallest absolute Gasteiger partial charge is 0.0675 e. The molecule has 4 aliphatic rings. The summed E-state index contributed by atoms with van der Waals surface area (Å²) >= 11 is 0.